The summed E-state index contributed by atoms with van der Waals surface area (Å²) in [7, 11) is 1.94. The van der Waals surface area contributed by atoms with E-state index in [2.05, 4.69) is 27.6 Å². The third-order valence-corrected chi connectivity index (χ3v) is 3.61. The Labute approximate surface area is 145 Å². The largest absolute Gasteiger partial charge is 0.331 e. The van der Waals surface area contributed by atoms with E-state index in [9.17, 15) is 10.1 Å². The lowest BCUT2D eigenvalue weighted by Crippen LogP contribution is -2.33. The summed E-state index contributed by atoms with van der Waals surface area (Å²) in [6, 6.07) is 9.85. The number of hydrogen-bond acceptors (Lipinski definition) is 3. The molecule has 5 nitrogen and oxygen atoms in total. The fraction of sp³-hybridized carbons (Fsp3) is 0.438. The summed E-state index contributed by atoms with van der Waals surface area (Å²) in [5.41, 5.74) is 1.77. The van der Waals surface area contributed by atoms with Crippen molar-refractivity contribution in [2.24, 2.45) is 7.05 Å². The first-order valence-electron chi connectivity index (χ1n) is 6.93. The lowest BCUT2D eigenvalue weighted by Gasteiger charge is -2.14. The number of halogens is 1. The van der Waals surface area contributed by atoms with Crippen LogP contribution in [0.4, 0.5) is 0 Å². The van der Waals surface area contributed by atoms with Crippen LogP contribution in [0.1, 0.15) is 25.2 Å². The van der Waals surface area contributed by atoms with Crippen molar-refractivity contribution in [3.8, 4) is 11.4 Å². The summed E-state index contributed by atoms with van der Waals surface area (Å²) < 4.78 is 1.99. The van der Waals surface area contributed by atoms with Crippen molar-refractivity contribution in [3.05, 3.63) is 51.8 Å². The summed E-state index contributed by atoms with van der Waals surface area (Å²) >= 11 is 2.15. The quantitative estimate of drug-likeness (QED) is 0.328. The summed E-state index contributed by atoms with van der Waals surface area (Å²) in [5.74, 6) is 0.845. The number of benzene rings is 1. The van der Waals surface area contributed by atoms with Gasteiger partial charge in [0.15, 0.2) is 0 Å². The third-order valence-electron chi connectivity index (χ3n) is 3.61. The maximum atomic E-state index is 11.1. The number of nitro groups is 1. The standard InChI is InChI=1S/C15H19N3O2.CH3I/c1-11-13(10-15(2,3)18(19)20)16-14(17(11)4)12-8-6-5-7-9-12;1-2/h5-9H,10H2,1-4H3;1H3. The highest BCUT2D eigenvalue weighted by atomic mass is 127. The molecule has 0 bridgehead atoms. The van der Waals surface area contributed by atoms with Crippen molar-refractivity contribution in [2.45, 2.75) is 32.7 Å². The molecular weight excluding hydrogens is 393 g/mol. The maximum Gasteiger partial charge on any atom is 0.222 e. The molecule has 120 valence electrons. The van der Waals surface area contributed by atoms with Crippen LogP contribution in [0.15, 0.2) is 30.3 Å². The molecule has 0 saturated heterocycles. The number of hydrogen-bond donors (Lipinski definition) is 0. The minimum absolute atomic E-state index is 0.247. The molecule has 0 fully saturated rings. The summed E-state index contributed by atoms with van der Waals surface area (Å²) in [6.07, 6.45) is 0.326. The minimum Gasteiger partial charge on any atom is -0.331 e. The molecule has 0 atom stereocenters. The Morgan fingerprint density at radius 1 is 1.27 bits per heavy atom. The topological polar surface area (TPSA) is 61.0 Å². The molecule has 0 aliphatic carbocycles. The molecule has 2 aromatic rings. The van der Waals surface area contributed by atoms with Crippen LogP contribution in [0, 0.1) is 17.0 Å². The van der Waals surface area contributed by atoms with Crippen molar-refractivity contribution < 1.29 is 4.92 Å². The zero-order valence-corrected chi connectivity index (χ0v) is 15.8. The van der Waals surface area contributed by atoms with Gasteiger partial charge in [-0.3, -0.25) is 10.1 Å². The molecule has 0 spiro atoms. The van der Waals surface area contributed by atoms with E-state index in [1.54, 1.807) is 13.8 Å². The molecule has 0 amide bonds. The van der Waals surface area contributed by atoms with E-state index in [1.165, 1.54) is 0 Å². The monoisotopic (exact) mass is 415 g/mol. The van der Waals surface area contributed by atoms with E-state index in [1.807, 2.05) is 53.8 Å². The average molecular weight is 415 g/mol. The molecule has 0 saturated carbocycles. The van der Waals surface area contributed by atoms with Gasteiger partial charge in [-0.25, -0.2) is 4.98 Å². The fourth-order valence-electron chi connectivity index (χ4n) is 2.12. The van der Waals surface area contributed by atoms with Gasteiger partial charge >= 0.3 is 0 Å². The molecule has 0 radical (unpaired) electrons. The van der Waals surface area contributed by atoms with Gasteiger partial charge in [-0.15, -0.1) is 0 Å². The molecule has 0 N–H and O–H groups in total. The van der Waals surface area contributed by atoms with Gasteiger partial charge in [0, 0.05) is 37.1 Å². The van der Waals surface area contributed by atoms with Crippen LogP contribution >= 0.6 is 22.6 Å². The van der Waals surface area contributed by atoms with Gasteiger partial charge in [-0.2, -0.15) is 0 Å². The van der Waals surface area contributed by atoms with Crippen molar-refractivity contribution in [1.29, 1.82) is 0 Å². The van der Waals surface area contributed by atoms with Crippen molar-refractivity contribution in [2.75, 3.05) is 4.93 Å². The van der Waals surface area contributed by atoms with E-state index >= 15 is 0 Å². The average Bonchev–Trinajstić information content (AvgIpc) is 2.78. The predicted octanol–water partition coefficient (Wildman–Crippen LogP) is 4.04. The second-order valence-corrected chi connectivity index (χ2v) is 5.64. The Balaban J connectivity index is 0.00000116. The Morgan fingerprint density at radius 3 is 2.32 bits per heavy atom. The van der Waals surface area contributed by atoms with Gasteiger partial charge in [-0.1, -0.05) is 52.9 Å². The Kier molecular flexibility index (Phi) is 6.52. The first-order valence-corrected chi connectivity index (χ1v) is 9.08. The molecule has 2 rings (SSSR count). The van der Waals surface area contributed by atoms with E-state index < -0.39 is 5.54 Å². The fourth-order valence-corrected chi connectivity index (χ4v) is 2.12. The molecular formula is C16H22IN3O2. The van der Waals surface area contributed by atoms with Crippen molar-refractivity contribution in [1.82, 2.24) is 9.55 Å². The highest BCUT2D eigenvalue weighted by molar-refractivity contribution is 14.1. The predicted molar refractivity (Wildman–Crippen MR) is 98.1 cm³/mol. The van der Waals surface area contributed by atoms with Gasteiger partial charge < -0.3 is 4.57 Å². The first kappa shape index (κ1) is 18.6. The Morgan fingerprint density at radius 2 is 1.82 bits per heavy atom. The number of nitrogens with zero attached hydrogens (tertiary/aromatic N) is 3. The number of rotatable bonds is 4. The normalized spacial score (nSPS) is 10.8. The molecule has 0 aliphatic heterocycles. The van der Waals surface area contributed by atoms with Gasteiger partial charge in [0.25, 0.3) is 0 Å². The zero-order valence-electron chi connectivity index (χ0n) is 13.6. The molecule has 1 heterocycles. The van der Waals surface area contributed by atoms with Gasteiger partial charge in [-0.05, 0) is 11.9 Å². The molecule has 22 heavy (non-hydrogen) atoms. The maximum absolute atomic E-state index is 11.1. The Hall–Kier alpha value is -1.44. The molecule has 1 aromatic heterocycles. The van der Waals surface area contributed by atoms with E-state index in [-0.39, 0.29) is 4.92 Å². The zero-order chi connectivity index (χ0) is 16.9. The number of alkyl halides is 1. The van der Waals surface area contributed by atoms with Crippen molar-refractivity contribution >= 4 is 22.6 Å². The summed E-state index contributed by atoms with van der Waals surface area (Å²) in [6.45, 7) is 5.21. The van der Waals surface area contributed by atoms with Crippen molar-refractivity contribution in [3.63, 3.8) is 0 Å². The minimum atomic E-state index is -1.01. The molecule has 6 heteroatoms. The van der Waals surface area contributed by atoms with Crippen LogP contribution in [0.3, 0.4) is 0 Å². The van der Waals surface area contributed by atoms with Crippen LogP contribution in [-0.2, 0) is 13.5 Å². The smallest absolute Gasteiger partial charge is 0.222 e. The second-order valence-electron chi connectivity index (χ2n) is 5.64. The lowest BCUT2D eigenvalue weighted by molar-refractivity contribution is -0.560. The molecule has 0 aliphatic rings. The molecule has 0 unspecified atom stereocenters. The summed E-state index contributed by atoms with van der Waals surface area (Å²) in [5, 5.41) is 11.1. The van der Waals surface area contributed by atoms with Crippen LogP contribution < -0.4 is 0 Å². The van der Waals surface area contributed by atoms with Gasteiger partial charge in [0.1, 0.15) is 5.82 Å². The van der Waals surface area contributed by atoms with Crippen LogP contribution in [0.2, 0.25) is 0 Å². The second kappa shape index (κ2) is 7.71. The van der Waals surface area contributed by atoms with E-state index in [4.69, 9.17) is 0 Å². The highest BCUT2D eigenvalue weighted by Crippen LogP contribution is 2.24. The van der Waals surface area contributed by atoms with Crippen LogP contribution in [-0.4, -0.2) is 24.9 Å². The SMILES string of the molecule is CI.Cc1c(CC(C)(C)[N+](=O)[O-])nc(-c2ccccc2)n1C. The van der Waals surface area contributed by atoms with E-state index in [0.29, 0.717) is 6.42 Å². The third kappa shape index (κ3) is 4.06. The van der Waals surface area contributed by atoms with Crippen LogP contribution in [0.5, 0.6) is 0 Å². The first-order chi connectivity index (χ1) is 10.3. The highest BCUT2D eigenvalue weighted by Gasteiger charge is 2.33. The van der Waals surface area contributed by atoms with Gasteiger partial charge in [0.05, 0.1) is 12.1 Å². The number of imidazole rings is 1. The summed E-state index contributed by atoms with van der Waals surface area (Å²) in [4.78, 5) is 17.4. The van der Waals surface area contributed by atoms with E-state index in [0.717, 1.165) is 22.8 Å². The lowest BCUT2D eigenvalue weighted by atomic mass is 9.99. The number of aromatic nitrogens is 2. The van der Waals surface area contributed by atoms with Gasteiger partial charge in [0.2, 0.25) is 5.54 Å². The Bertz CT molecular complexity index is 636. The molecule has 1 aromatic carbocycles. The van der Waals surface area contributed by atoms with Crippen LogP contribution in [0.25, 0.3) is 11.4 Å².